The first kappa shape index (κ1) is 12.6. The van der Waals surface area contributed by atoms with Gasteiger partial charge in [-0.15, -0.1) is 11.8 Å². The Kier molecular flexibility index (Phi) is 5.82. The van der Waals surface area contributed by atoms with E-state index in [1.807, 2.05) is 19.4 Å². The highest BCUT2D eigenvalue weighted by Gasteiger charge is 2.03. The second kappa shape index (κ2) is 6.92. The Morgan fingerprint density at radius 2 is 2.27 bits per heavy atom. The normalized spacial score (nSPS) is 10.3. The molecule has 0 saturated heterocycles. The van der Waals surface area contributed by atoms with E-state index in [9.17, 15) is 0 Å². The van der Waals surface area contributed by atoms with Crippen molar-refractivity contribution in [3.8, 4) is 0 Å². The number of nitrogens with one attached hydrogen (secondary N) is 1. The van der Waals surface area contributed by atoms with Crippen molar-refractivity contribution in [2.24, 2.45) is 0 Å². The molecule has 0 amide bonds. The summed E-state index contributed by atoms with van der Waals surface area (Å²) >= 11 is 3.17. The third-order valence-electron chi connectivity index (χ3n) is 1.67. The zero-order valence-corrected chi connectivity index (χ0v) is 10.5. The van der Waals surface area contributed by atoms with Crippen LogP contribution in [0, 0.1) is 0 Å². The molecule has 0 aliphatic rings. The van der Waals surface area contributed by atoms with Gasteiger partial charge in [0.15, 0.2) is 5.16 Å². The van der Waals surface area contributed by atoms with Crippen molar-refractivity contribution >= 4 is 29.3 Å². The van der Waals surface area contributed by atoms with Gasteiger partial charge >= 0.3 is 0 Å². The van der Waals surface area contributed by atoms with Crippen LogP contribution in [0.25, 0.3) is 0 Å². The van der Waals surface area contributed by atoms with E-state index >= 15 is 0 Å². The summed E-state index contributed by atoms with van der Waals surface area (Å²) in [6.07, 6.45) is 2.75. The fraction of sp³-hybridized carbons (Fsp3) is 0.556. The summed E-state index contributed by atoms with van der Waals surface area (Å²) in [7, 11) is 1.84. The lowest BCUT2D eigenvalue weighted by atomic mass is 10.5. The highest BCUT2D eigenvalue weighted by Crippen LogP contribution is 2.22. The molecule has 2 N–H and O–H groups in total. The van der Waals surface area contributed by atoms with E-state index in [0.717, 1.165) is 28.2 Å². The molecule has 0 unspecified atom stereocenters. The molecule has 6 heteroatoms. The second-order valence-corrected chi connectivity index (χ2v) is 4.64. The summed E-state index contributed by atoms with van der Waals surface area (Å²) < 4.78 is 0. The Hall–Kier alpha value is -0.460. The summed E-state index contributed by atoms with van der Waals surface area (Å²) in [4.78, 5) is 8.64. The number of aliphatic hydroxyl groups excluding tert-OH is 1. The van der Waals surface area contributed by atoms with Crippen molar-refractivity contribution in [1.29, 1.82) is 0 Å². The monoisotopic (exact) mass is 245 g/mol. The van der Waals surface area contributed by atoms with E-state index in [1.54, 1.807) is 11.8 Å². The van der Waals surface area contributed by atoms with Crippen molar-refractivity contribution in [2.75, 3.05) is 31.0 Å². The smallest absolute Gasteiger partial charge is 0.190 e. The topological polar surface area (TPSA) is 58.0 Å². The first-order valence-electron chi connectivity index (χ1n) is 4.64. The average Bonchev–Trinajstić information content (AvgIpc) is 2.29. The zero-order valence-electron chi connectivity index (χ0n) is 8.86. The van der Waals surface area contributed by atoms with Crippen molar-refractivity contribution < 1.29 is 5.11 Å². The van der Waals surface area contributed by atoms with E-state index < -0.39 is 0 Å². The van der Waals surface area contributed by atoms with Crippen LogP contribution in [0.5, 0.6) is 0 Å². The van der Waals surface area contributed by atoms with Crippen molar-refractivity contribution in [3.63, 3.8) is 0 Å². The van der Waals surface area contributed by atoms with E-state index in [2.05, 4.69) is 15.3 Å². The maximum atomic E-state index is 8.68. The quantitative estimate of drug-likeness (QED) is 0.344. The van der Waals surface area contributed by atoms with Gasteiger partial charge in [-0.3, -0.25) is 0 Å². The number of rotatable bonds is 6. The molecular weight excluding hydrogens is 230 g/mol. The molecule has 1 aromatic heterocycles. The summed E-state index contributed by atoms with van der Waals surface area (Å²) in [5, 5.41) is 13.4. The largest absolute Gasteiger partial charge is 0.396 e. The maximum Gasteiger partial charge on any atom is 0.190 e. The Morgan fingerprint density at radius 3 is 2.87 bits per heavy atom. The van der Waals surface area contributed by atoms with Crippen LogP contribution in [0.1, 0.15) is 6.42 Å². The summed E-state index contributed by atoms with van der Waals surface area (Å²) in [5.74, 6) is 1.71. The standard InChI is InChI=1S/C9H15N3OS2/c1-10-7-6-8(15-5-3-4-13)12-9(11-7)14-2/h6,13H,3-5H2,1-2H3,(H,10,11,12). The van der Waals surface area contributed by atoms with Crippen molar-refractivity contribution in [3.05, 3.63) is 6.07 Å². The lowest BCUT2D eigenvalue weighted by Crippen LogP contribution is -1.97. The highest BCUT2D eigenvalue weighted by atomic mass is 32.2. The lowest BCUT2D eigenvalue weighted by Gasteiger charge is -2.05. The Labute approximate surface area is 98.3 Å². The zero-order chi connectivity index (χ0) is 11.1. The molecule has 15 heavy (non-hydrogen) atoms. The summed E-state index contributed by atoms with van der Waals surface area (Å²) in [6.45, 7) is 0.229. The van der Waals surface area contributed by atoms with E-state index in [-0.39, 0.29) is 6.61 Å². The van der Waals surface area contributed by atoms with Gasteiger partial charge in [-0.25, -0.2) is 9.97 Å². The fourth-order valence-corrected chi connectivity index (χ4v) is 2.20. The summed E-state index contributed by atoms with van der Waals surface area (Å²) in [6, 6.07) is 1.92. The molecule has 4 nitrogen and oxygen atoms in total. The van der Waals surface area contributed by atoms with E-state index in [4.69, 9.17) is 5.11 Å². The predicted molar refractivity (Wildman–Crippen MR) is 65.8 cm³/mol. The van der Waals surface area contributed by atoms with Crippen molar-refractivity contribution in [2.45, 2.75) is 16.6 Å². The molecule has 0 aliphatic heterocycles. The average molecular weight is 245 g/mol. The Balaban J connectivity index is 2.68. The molecule has 1 heterocycles. The third-order valence-corrected chi connectivity index (χ3v) is 3.22. The predicted octanol–water partition coefficient (Wildman–Crippen LogP) is 1.71. The van der Waals surface area contributed by atoms with Gasteiger partial charge in [0, 0.05) is 25.5 Å². The molecule has 0 radical (unpaired) electrons. The van der Waals surface area contributed by atoms with E-state index in [1.165, 1.54) is 11.8 Å². The third kappa shape index (κ3) is 4.27. The number of hydrogen-bond donors (Lipinski definition) is 2. The fourth-order valence-electron chi connectivity index (χ4n) is 0.938. The maximum absolute atomic E-state index is 8.68. The molecular formula is C9H15N3OS2. The SMILES string of the molecule is CNc1cc(SCCCO)nc(SC)n1. The number of hydrogen-bond acceptors (Lipinski definition) is 6. The van der Waals surface area contributed by atoms with Crippen LogP contribution in [0.15, 0.2) is 16.2 Å². The molecule has 1 aromatic rings. The van der Waals surface area contributed by atoms with Gasteiger partial charge < -0.3 is 10.4 Å². The summed E-state index contributed by atoms with van der Waals surface area (Å²) in [5.41, 5.74) is 0. The van der Waals surface area contributed by atoms with Gasteiger partial charge in [0.25, 0.3) is 0 Å². The van der Waals surface area contributed by atoms with Crippen LogP contribution in [0.3, 0.4) is 0 Å². The molecule has 1 rings (SSSR count). The van der Waals surface area contributed by atoms with Crippen LogP contribution < -0.4 is 5.32 Å². The lowest BCUT2D eigenvalue weighted by molar-refractivity contribution is 0.296. The molecule has 0 spiro atoms. The molecule has 0 bridgehead atoms. The molecule has 0 atom stereocenters. The van der Waals surface area contributed by atoms with Crippen LogP contribution >= 0.6 is 23.5 Å². The van der Waals surface area contributed by atoms with Gasteiger partial charge in [-0.05, 0) is 12.7 Å². The van der Waals surface area contributed by atoms with Gasteiger partial charge in [0.2, 0.25) is 0 Å². The van der Waals surface area contributed by atoms with Gasteiger partial charge in [0.05, 0.1) is 0 Å². The first-order valence-corrected chi connectivity index (χ1v) is 6.85. The number of aromatic nitrogens is 2. The van der Waals surface area contributed by atoms with Gasteiger partial charge in [-0.1, -0.05) is 11.8 Å². The molecule has 0 aliphatic carbocycles. The van der Waals surface area contributed by atoms with Crippen LogP contribution in [-0.4, -0.2) is 40.7 Å². The van der Waals surface area contributed by atoms with E-state index in [0.29, 0.717) is 0 Å². The molecule has 0 fully saturated rings. The minimum absolute atomic E-state index is 0.229. The Bertz CT molecular complexity index is 287. The molecule has 84 valence electrons. The minimum atomic E-state index is 0.229. The van der Waals surface area contributed by atoms with Crippen molar-refractivity contribution in [1.82, 2.24) is 9.97 Å². The van der Waals surface area contributed by atoms with Gasteiger partial charge in [-0.2, -0.15) is 0 Å². The van der Waals surface area contributed by atoms with Gasteiger partial charge in [0.1, 0.15) is 10.8 Å². The highest BCUT2D eigenvalue weighted by molar-refractivity contribution is 7.99. The van der Waals surface area contributed by atoms with Crippen LogP contribution in [-0.2, 0) is 0 Å². The number of thioether (sulfide) groups is 2. The first-order chi connectivity index (χ1) is 7.30. The minimum Gasteiger partial charge on any atom is -0.396 e. The number of nitrogens with zero attached hydrogens (tertiary/aromatic N) is 2. The number of anilines is 1. The Morgan fingerprint density at radius 1 is 1.47 bits per heavy atom. The molecule has 0 aromatic carbocycles. The van der Waals surface area contributed by atoms with Crippen LogP contribution in [0.4, 0.5) is 5.82 Å². The second-order valence-electron chi connectivity index (χ2n) is 2.75. The molecule has 0 saturated carbocycles. The van der Waals surface area contributed by atoms with Crippen LogP contribution in [0.2, 0.25) is 0 Å². The number of aliphatic hydroxyl groups is 1.